The lowest BCUT2D eigenvalue weighted by Crippen LogP contribution is -2.38. The van der Waals surface area contributed by atoms with Crippen molar-refractivity contribution in [1.82, 2.24) is 8.96 Å². The second-order valence-corrected chi connectivity index (χ2v) is 15.0. The summed E-state index contributed by atoms with van der Waals surface area (Å²) in [4.78, 5) is 18.8. The molecule has 268 valence electrons. The van der Waals surface area contributed by atoms with E-state index < -0.39 is 20.2 Å². The van der Waals surface area contributed by atoms with Gasteiger partial charge in [0.15, 0.2) is 22.4 Å². The molecule has 5 aromatic rings. The first-order chi connectivity index (χ1) is 24.6. The van der Waals surface area contributed by atoms with E-state index in [1.165, 1.54) is 51.3 Å². The van der Waals surface area contributed by atoms with Crippen LogP contribution in [0.3, 0.4) is 0 Å². The monoisotopic (exact) mass is 734 g/mol. The maximum atomic E-state index is 14.2. The Bertz CT molecular complexity index is 2300. The maximum Gasteiger partial charge on any atom is 0.250 e. The first kappa shape index (κ1) is 35.7. The molecule has 0 saturated carbocycles. The lowest BCUT2D eigenvalue weighted by Gasteiger charge is -2.27. The van der Waals surface area contributed by atoms with Crippen LogP contribution < -0.4 is 33.8 Å². The van der Waals surface area contributed by atoms with Crippen LogP contribution >= 0.6 is 11.8 Å². The molecule has 1 aliphatic rings. The second kappa shape index (κ2) is 14.6. The van der Waals surface area contributed by atoms with Crippen LogP contribution in [-0.4, -0.2) is 70.0 Å². The molecule has 2 heterocycles. The first-order valence-electron chi connectivity index (χ1n) is 16.0. The van der Waals surface area contributed by atoms with Crippen molar-refractivity contribution in [2.45, 2.75) is 29.7 Å². The average molecular weight is 735 g/mol. The molecule has 0 spiro atoms. The van der Waals surface area contributed by atoms with Crippen molar-refractivity contribution in [2.24, 2.45) is 0 Å². The molecule has 1 aliphatic carbocycles. The molecule has 0 N–H and O–H groups in total. The summed E-state index contributed by atoms with van der Waals surface area (Å²) in [6.45, 7) is 1.81. The molecule has 0 saturated heterocycles. The summed E-state index contributed by atoms with van der Waals surface area (Å²) in [5.41, 5.74) is 1.29. The minimum absolute atomic E-state index is 0.0508. The van der Waals surface area contributed by atoms with Crippen molar-refractivity contribution in [2.75, 3.05) is 47.9 Å². The van der Waals surface area contributed by atoms with Gasteiger partial charge in [-0.25, -0.2) is 17.4 Å². The highest BCUT2D eigenvalue weighted by Crippen LogP contribution is 2.44. The van der Waals surface area contributed by atoms with Crippen molar-refractivity contribution in [1.29, 1.82) is 0 Å². The molecule has 1 atom stereocenters. The Morgan fingerprint density at radius 1 is 0.902 bits per heavy atom. The normalized spacial score (nSPS) is 15.6. The fourth-order valence-electron chi connectivity index (χ4n) is 5.86. The number of benzene rings is 3. The van der Waals surface area contributed by atoms with Crippen molar-refractivity contribution in [3.8, 4) is 45.8 Å². The molecule has 0 radical (unpaired) electrons. The zero-order chi connectivity index (χ0) is 36.3. The number of para-hydroxylation sites is 2. The Balaban J connectivity index is 1.33. The van der Waals surface area contributed by atoms with E-state index in [4.69, 9.17) is 32.8 Å². The number of thioether (sulfide) groups is 1. The fraction of sp³-hybridized carbons (Fsp3) is 0.297. The van der Waals surface area contributed by atoms with Gasteiger partial charge in [0.25, 0.3) is 10.0 Å². The van der Waals surface area contributed by atoms with Gasteiger partial charge in [0.1, 0.15) is 27.2 Å². The molecule has 14 heteroatoms. The van der Waals surface area contributed by atoms with Crippen molar-refractivity contribution < 1.29 is 41.3 Å². The zero-order valence-corrected chi connectivity index (χ0v) is 30.7. The average Bonchev–Trinajstić information content (AvgIpc) is 3.53. The second-order valence-electron chi connectivity index (χ2n) is 11.7. The highest BCUT2D eigenvalue weighted by atomic mass is 32.2. The van der Waals surface area contributed by atoms with E-state index in [2.05, 4.69) is 4.98 Å². The Morgan fingerprint density at radius 3 is 2.27 bits per heavy atom. The molecule has 12 nitrogen and oxygen atoms in total. The van der Waals surface area contributed by atoms with E-state index >= 15 is 0 Å². The van der Waals surface area contributed by atoms with Gasteiger partial charge in [0.05, 0.1) is 53.2 Å². The molecular formula is C37H38N2O10S2. The van der Waals surface area contributed by atoms with Crippen LogP contribution in [0.5, 0.6) is 34.5 Å². The SMILES string of the molecule is COc1cc(OC)c2c(=O)c(OCCCSc3nc4ccccc4n3S(=O)(=O)C3(C)C=CC=CC3)c(-c3cc(OC)c(OC)c(OC)c3)oc2c1. The molecule has 6 rings (SSSR count). The molecule has 1 unspecified atom stereocenters. The minimum atomic E-state index is -3.89. The van der Waals surface area contributed by atoms with Gasteiger partial charge in [-0.1, -0.05) is 48.2 Å². The highest BCUT2D eigenvalue weighted by molar-refractivity contribution is 8.00. The number of rotatable bonds is 14. The Morgan fingerprint density at radius 2 is 1.63 bits per heavy atom. The first-order valence-corrected chi connectivity index (χ1v) is 18.4. The standard InChI is InChI=1S/C37H38N2O10S2/c1-37(15-10-7-11-16-37)51(41,42)39-26-14-9-8-13-25(26)38-36(39)50-18-12-17-48-35-32(40)31-27(44-3)21-24(43-2)22-28(31)49-33(35)23-19-29(45-4)34(47-6)30(20-23)46-5/h7-11,13-15,19-22H,12,16-18H2,1-6H3. The summed E-state index contributed by atoms with van der Waals surface area (Å²) in [5, 5.41) is 0.528. The third kappa shape index (κ3) is 6.49. The maximum absolute atomic E-state index is 14.2. The summed E-state index contributed by atoms with van der Waals surface area (Å²) >= 11 is 1.30. The molecule has 0 bridgehead atoms. The van der Waals surface area contributed by atoms with Crippen molar-refractivity contribution in [3.63, 3.8) is 0 Å². The number of allylic oxidation sites excluding steroid dienone is 3. The van der Waals surface area contributed by atoms with Crippen LogP contribution in [-0.2, 0) is 10.0 Å². The number of fused-ring (bicyclic) bond motifs is 2. The van der Waals surface area contributed by atoms with Gasteiger partial charge in [0.2, 0.25) is 16.9 Å². The largest absolute Gasteiger partial charge is 0.496 e. The third-order valence-corrected chi connectivity index (χ3v) is 12.1. The van der Waals surface area contributed by atoms with Gasteiger partial charge in [-0.3, -0.25) is 4.79 Å². The van der Waals surface area contributed by atoms with E-state index in [1.807, 2.05) is 18.2 Å². The molecule has 0 amide bonds. The molecule has 0 aliphatic heterocycles. The van der Waals surface area contributed by atoms with Gasteiger partial charge in [-0.15, -0.1) is 0 Å². The summed E-state index contributed by atoms with van der Waals surface area (Å²) in [5.74, 6) is 2.28. The number of ether oxygens (including phenoxy) is 6. The summed E-state index contributed by atoms with van der Waals surface area (Å²) in [7, 11) is 3.54. The van der Waals surface area contributed by atoms with E-state index in [0.717, 1.165) is 0 Å². The van der Waals surface area contributed by atoms with Crippen LogP contribution in [0.25, 0.3) is 33.3 Å². The summed E-state index contributed by atoms with van der Waals surface area (Å²) < 4.78 is 68.6. The molecular weight excluding hydrogens is 697 g/mol. The van der Waals surface area contributed by atoms with Crippen LogP contribution in [0.1, 0.15) is 19.8 Å². The van der Waals surface area contributed by atoms with Crippen LogP contribution in [0.2, 0.25) is 0 Å². The predicted octanol–water partition coefficient (Wildman–Crippen LogP) is 6.87. The number of imidazole rings is 1. The quantitative estimate of drug-likeness (QED) is 0.0870. The fourth-order valence-corrected chi connectivity index (χ4v) is 8.77. The number of aromatic nitrogens is 2. The number of hydrogen-bond acceptors (Lipinski definition) is 12. The molecule has 0 fully saturated rings. The van der Waals surface area contributed by atoms with E-state index in [1.54, 1.807) is 61.5 Å². The topological polar surface area (TPSA) is 138 Å². The lowest BCUT2D eigenvalue weighted by molar-refractivity contribution is 0.309. The number of methoxy groups -OCH3 is 5. The van der Waals surface area contributed by atoms with Crippen LogP contribution in [0, 0.1) is 0 Å². The third-order valence-electron chi connectivity index (χ3n) is 8.58. The van der Waals surface area contributed by atoms with E-state index in [0.29, 0.717) is 63.3 Å². The smallest absolute Gasteiger partial charge is 0.250 e. The van der Waals surface area contributed by atoms with Gasteiger partial charge in [-0.2, -0.15) is 0 Å². The Kier molecular flexibility index (Phi) is 10.3. The van der Waals surface area contributed by atoms with Crippen LogP contribution in [0.4, 0.5) is 0 Å². The molecule has 2 aromatic heterocycles. The predicted molar refractivity (Wildman–Crippen MR) is 197 cm³/mol. The summed E-state index contributed by atoms with van der Waals surface area (Å²) in [6, 6.07) is 13.7. The van der Waals surface area contributed by atoms with E-state index in [9.17, 15) is 13.2 Å². The van der Waals surface area contributed by atoms with E-state index in [-0.39, 0.29) is 34.8 Å². The number of hydrogen-bond donors (Lipinski definition) is 0. The highest BCUT2D eigenvalue weighted by Gasteiger charge is 2.40. The van der Waals surface area contributed by atoms with Gasteiger partial charge < -0.3 is 32.8 Å². The Hall–Kier alpha value is -5.08. The number of nitrogens with zero attached hydrogens (tertiary/aromatic N) is 2. The molecule has 3 aromatic carbocycles. The summed E-state index contributed by atoms with van der Waals surface area (Å²) in [6.07, 6.45) is 7.94. The van der Waals surface area contributed by atoms with Crippen LogP contribution in [0.15, 0.2) is 87.2 Å². The molecule has 51 heavy (non-hydrogen) atoms. The van der Waals surface area contributed by atoms with Crippen molar-refractivity contribution in [3.05, 3.63) is 83.1 Å². The van der Waals surface area contributed by atoms with Gasteiger partial charge in [0, 0.05) is 23.4 Å². The minimum Gasteiger partial charge on any atom is -0.496 e. The van der Waals surface area contributed by atoms with Gasteiger partial charge >= 0.3 is 0 Å². The van der Waals surface area contributed by atoms with Crippen molar-refractivity contribution >= 4 is 43.8 Å². The Labute approximate surface area is 299 Å². The van der Waals surface area contributed by atoms with Gasteiger partial charge in [-0.05, 0) is 44.0 Å². The zero-order valence-electron chi connectivity index (χ0n) is 29.1. The lowest BCUT2D eigenvalue weighted by atomic mass is 10.0.